The molecule has 20 heavy (non-hydrogen) atoms. The standard InChI is InChI=1S/C17H16BrFO/c18-16-8-9-17(15-7-2-1-6-14(15)16)20-11-12-4-3-5-13(19)10-12/h3-5,8-10H,1-2,6-7,11H2. The molecule has 0 unspecified atom stereocenters. The summed E-state index contributed by atoms with van der Waals surface area (Å²) in [7, 11) is 0. The molecule has 1 nitrogen and oxygen atoms in total. The van der Waals surface area contributed by atoms with Crippen LogP contribution in [0.15, 0.2) is 40.9 Å². The van der Waals surface area contributed by atoms with Gasteiger partial charge in [0.2, 0.25) is 0 Å². The Morgan fingerprint density at radius 2 is 1.85 bits per heavy atom. The lowest BCUT2D eigenvalue weighted by Gasteiger charge is -2.21. The van der Waals surface area contributed by atoms with Crippen molar-refractivity contribution in [2.75, 3.05) is 0 Å². The minimum Gasteiger partial charge on any atom is -0.489 e. The quantitative estimate of drug-likeness (QED) is 0.763. The second-order valence-electron chi connectivity index (χ2n) is 5.13. The Kier molecular flexibility index (Phi) is 4.06. The summed E-state index contributed by atoms with van der Waals surface area (Å²) in [6.07, 6.45) is 4.61. The van der Waals surface area contributed by atoms with E-state index in [9.17, 15) is 4.39 Å². The summed E-state index contributed by atoms with van der Waals surface area (Å²) in [5.41, 5.74) is 3.53. The average molecular weight is 335 g/mol. The Labute approximate surface area is 126 Å². The Hall–Kier alpha value is -1.35. The van der Waals surface area contributed by atoms with Crippen LogP contribution in [0.3, 0.4) is 0 Å². The number of hydrogen-bond donors (Lipinski definition) is 0. The molecule has 2 aromatic carbocycles. The van der Waals surface area contributed by atoms with Gasteiger partial charge in [-0.05, 0) is 66.6 Å². The first-order valence-corrected chi connectivity index (χ1v) is 7.71. The molecule has 0 saturated carbocycles. The first kappa shape index (κ1) is 13.6. The summed E-state index contributed by atoms with van der Waals surface area (Å²) in [5.74, 6) is 0.719. The molecule has 3 rings (SSSR count). The normalized spacial score (nSPS) is 13.9. The van der Waals surface area contributed by atoms with Crippen LogP contribution in [0.4, 0.5) is 4.39 Å². The van der Waals surface area contributed by atoms with Crippen molar-refractivity contribution in [3.05, 3.63) is 63.4 Å². The molecular formula is C17H16BrFO. The molecule has 0 aromatic heterocycles. The van der Waals surface area contributed by atoms with Gasteiger partial charge in [0.25, 0.3) is 0 Å². The molecule has 0 N–H and O–H groups in total. The molecule has 104 valence electrons. The van der Waals surface area contributed by atoms with Gasteiger partial charge in [0, 0.05) is 4.47 Å². The van der Waals surface area contributed by atoms with Gasteiger partial charge in [0.05, 0.1) is 0 Å². The van der Waals surface area contributed by atoms with Crippen molar-refractivity contribution in [3.63, 3.8) is 0 Å². The highest BCUT2D eigenvalue weighted by Gasteiger charge is 2.16. The lowest BCUT2D eigenvalue weighted by atomic mass is 9.91. The SMILES string of the molecule is Fc1cccc(COc2ccc(Br)c3c2CCCC3)c1. The summed E-state index contributed by atoms with van der Waals surface area (Å²) in [4.78, 5) is 0. The van der Waals surface area contributed by atoms with E-state index >= 15 is 0 Å². The van der Waals surface area contributed by atoms with E-state index in [2.05, 4.69) is 15.9 Å². The molecule has 1 aliphatic rings. The van der Waals surface area contributed by atoms with Gasteiger partial charge in [0.1, 0.15) is 18.2 Å². The smallest absolute Gasteiger partial charge is 0.123 e. The van der Waals surface area contributed by atoms with Crippen molar-refractivity contribution >= 4 is 15.9 Å². The maximum atomic E-state index is 13.2. The zero-order valence-corrected chi connectivity index (χ0v) is 12.7. The highest BCUT2D eigenvalue weighted by molar-refractivity contribution is 9.10. The molecule has 2 aromatic rings. The fraction of sp³-hybridized carbons (Fsp3) is 0.294. The number of halogens is 2. The molecule has 0 heterocycles. The molecule has 0 amide bonds. The van der Waals surface area contributed by atoms with E-state index in [0.29, 0.717) is 6.61 Å². The number of hydrogen-bond acceptors (Lipinski definition) is 1. The van der Waals surface area contributed by atoms with E-state index in [1.54, 1.807) is 6.07 Å². The molecule has 3 heteroatoms. The Morgan fingerprint density at radius 3 is 2.65 bits per heavy atom. The lowest BCUT2D eigenvalue weighted by molar-refractivity contribution is 0.300. The van der Waals surface area contributed by atoms with Gasteiger partial charge in [-0.25, -0.2) is 4.39 Å². The molecule has 0 radical (unpaired) electrons. The van der Waals surface area contributed by atoms with Gasteiger partial charge in [0.15, 0.2) is 0 Å². The van der Waals surface area contributed by atoms with Gasteiger partial charge < -0.3 is 4.74 Å². The molecule has 0 fully saturated rings. The summed E-state index contributed by atoms with van der Waals surface area (Å²) >= 11 is 3.62. The third-order valence-corrected chi connectivity index (χ3v) is 4.46. The average Bonchev–Trinajstić information content (AvgIpc) is 2.47. The minimum absolute atomic E-state index is 0.219. The van der Waals surface area contributed by atoms with E-state index in [4.69, 9.17) is 4.74 Å². The molecule has 0 saturated heterocycles. The maximum Gasteiger partial charge on any atom is 0.123 e. The number of benzene rings is 2. The molecule has 0 aliphatic heterocycles. The van der Waals surface area contributed by atoms with Crippen LogP contribution in [0, 0.1) is 5.82 Å². The van der Waals surface area contributed by atoms with E-state index < -0.39 is 0 Å². The van der Waals surface area contributed by atoms with E-state index in [1.807, 2.05) is 18.2 Å². The van der Waals surface area contributed by atoms with Crippen LogP contribution in [0.1, 0.15) is 29.5 Å². The summed E-state index contributed by atoms with van der Waals surface area (Å²) in [6.45, 7) is 0.409. The number of fused-ring (bicyclic) bond motifs is 1. The van der Waals surface area contributed by atoms with Crippen LogP contribution < -0.4 is 4.74 Å². The van der Waals surface area contributed by atoms with Crippen molar-refractivity contribution in [2.45, 2.75) is 32.3 Å². The first-order valence-electron chi connectivity index (χ1n) is 6.91. The third-order valence-electron chi connectivity index (χ3n) is 3.72. The largest absolute Gasteiger partial charge is 0.489 e. The first-order chi connectivity index (χ1) is 9.74. The second-order valence-corrected chi connectivity index (χ2v) is 5.98. The van der Waals surface area contributed by atoms with Crippen LogP contribution in [0.25, 0.3) is 0 Å². The molecule has 0 bridgehead atoms. The van der Waals surface area contributed by atoms with Crippen LogP contribution in [0.5, 0.6) is 5.75 Å². The molecular weight excluding hydrogens is 319 g/mol. The lowest BCUT2D eigenvalue weighted by Crippen LogP contribution is -2.07. The molecule has 1 aliphatic carbocycles. The monoisotopic (exact) mass is 334 g/mol. The fourth-order valence-corrected chi connectivity index (χ4v) is 3.28. The van der Waals surface area contributed by atoms with Crippen molar-refractivity contribution < 1.29 is 9.13 Å². The Bertz CT molecular complexity index is 624. The highest BCUT2D eigenvalue weighted by atomic mass is 79.9. The van der Waals surface area contributed by atoms with Crippen LogP contribution >= 0.6 is 15.9 Å². The van der Waals surface area contributed by atoms with E-state index in [-0.39, 0.29) is 5.82 Å². The molecule has 0 spiro atoms. The summed E-state index contributed by atoms with van der Waals surface area (Å²) < 4.78 is 20.2. The van der Waals surface area contributed by atoms with Crippen LogP contribution in [-0.2, 0) is 19.4 Å². The second kappa shape index (κ2) is 5.96. The van der Waals surface area contributed by atoms with E-state index in [0.717, 1.165) is 24.2 Å². The van der Waals surface area contributed by atoms with Crippen molar-refractivity contribution in [1.29, 1.82) is 0 Å². The van der Waals surface area contributed by atoms with Crippen molar-refractivity contribution in [1.82, 2.24) is 0 Å². The van der Waals surface area contributed by atoms with Gasteiger partial charge in [-0.15, -0.1) is 0 Å². The zero-order valence-electron chi connectivity index (χ0n) is 11.2. The van der Waals surface area contributed by atoms with Crippen molar-refractivity contribution in [3.8, 4) is 5.75 Å². The Morgan fingerprint density at radius 1 is 1.05 bits per heavy atom. The number of ether oxygens (including phenoxy) is 1. The van der Waals surface area contributed by atoms with Gasteiger partial charge in [-0.2, -0.15) is 0 Å². The zero-order chi connectivity index (χ0) is 13.9. The van der Waals surface area contributed by atoms with Gasteiger partial charge in [-0.3, -0.25) is 0 Å². The summed E-state index contributed by atoms with van der Waals surface area (Å²) in [6, 6.07) is 10.6. The van der Waals surface area contributed by atoms with Crippen LogP contribution in [0.2, 0.25) is 0 Å². The number of rotatable bonds is 3. The third kappa shape index (κ3) is 2.88. The predicted molar refractivity (Wildman–Crippen MR) is 81.5 cm³/mol. The van der Waals surface area contributed by atoms with Crippen molar-refractivity contribution in [2.24, 2.45) is 0 Å². The maximum absolute atomic E-state index is 13.2. The van der Waals surface area contributed by atoms with E-state index in [1.165, 1.54) is 40.6 Å². The predicted octanol–water partition coefficient (Wildman–Crippen LogP) is 5.05. The van der Waals surface area contributed by atoms with Crippen LogP contribution in [-0.4, -0.2) is 0 Å². The fourth-order valence-electron chi connectivity index (χ4n) is 2.71. The highest BCUT2D eigenvalue weighted by Crippen LogP contribution is 2.35. The summed E-state index contributed by atoms with van der Waals surface area (Å²) in [5, 5.41) is 0. The topological polar surface area (TPSA) is 9.23 Å². The molecule has 0 atom stereocenters. The van der Waals surface area contributed by atoms with Gasteiger partial charge in [-0.1, -0.05) is 28.1 Å². The Balaban J connectivity index is 1.81. The minimum atomic E-state index is -0.219. The van der Waals surface area contributed by atoms with Gasteiger partial charge >= 0.3 is 0 Å².